The highest BCUT2D eigenvalue weighted by Gasteiger charge is 2.20. The van der Waals surface area contributed by atoms with E-state index in [0.29, 0.717) is 11.8 Å². The summed E-state index contributed by atoms with van der Waals surface area (Å²) in [5.74, 6) is 1.02. The summed E-state index contributed by atoms with van der Waals surface area (Å²) < 4.78 is 0. The van der Waals surface area contributed by atoms with E-state index in [2.05, 4.69) is 88.4 Å². The highest BCUT2D eigenvalue weighted by atomic mass is 16.1. The third-order valence-electron chi connectivity index (χ3n) is 5.90. The van der Waals surface area contributed by atoms with Gasteiger partial charge in [0.1, 0.15) is 0 Å². The summed E-state index contributed by atoms with van der Waals surface area (Å²) in [5.41, 5.74) is 3.03. The van der Waals surface area contributed by atoms with Gasteiger partial charge in [-0.25, -0.2) is 20.4 Å². The van der Waals surface area contributed by atoms with E-state index < -0.39 is 0 Å². The molecule has 4 heteroatoms. The number of carbonyl (C=O) groups excluding carboxylic acids is 2. The second-order valence-corrected chi connectivity index (χ2v) is 8.38. The lowest BCUT2D eigenvalue weighted by atomic mass is 9.80. The van der Waals surface area contributed by atoms with E-state index in [9.17, 15) is 0 Å². The van der Waals surface area contributed by atoms with Gasteiger partial charge in [0.2, 0.25) is 12.2 Å². The second kappa shape index (κ2) is 9.53. The number of fused-ring (bicyclic) bond motifs is 2. The van der Waals surface area contributed by atoms with Crippen LogP contribution in [0.3, 0.4) is 0 Å². The maximum Gasteiger partial charge on any atom is 0.231 e. The third-order valence-corrected chi connectivity index (χ3v) is 5.90. The van der Waals surface area contributed by atoms with E-state index in [1.807, 2.05) is 0 Å². The van der Waals surface area contributed by atoms with Gasteiger partial charge < -0.3 is 0 Å². The Hall–Kier alpha value is -3.84. The first-order chi connectivity index (χ1) is 15.4. The number of hydrogen-bond acceptors (Lipinski definition) is 4. The molecule has 4 nitrogen and oxygen atoms in total. The lowest BCUT2D eigenvalue weighted by Gasteiger charge is -2.23. The molecule has 0 unspecified atom stereocenters. The first-order valence-corrected chi connectivity index (χ1v) is 10.6. The molecule has 0 bridgehead atoms. The maximum absolute atomic E-state index is 8.35. The average Bonchev–Trinajstić information content (AvgIpc) is 2.77. The molecule has 0 heterocycles. The van der Waals surface area contributed by atoms with Crippen LogP contribution >= 0.6 is 0 Å². The highest BCUT2D eigenvalue weighted by Crippen LogP contribution is 2.45. The van der Waals surface area contributed by atoms with Crippen LogP contribution in [0.4, 0.5) is 0 Å². The number of hydrogen-bond donors (Lipinski definition) is 2. The Morgan fingerprint density at radius 3 is 1.59 bits per heavy atom. The standard InChI is InChI=1S/C26H24.2CHNO/c1-15(2)22-14-18-10-7-12-20-19-11-5-8-17-9-6-13-21(24(17)19)26(25(18)20)23(22)16(3)4;2*2-1-3/h5-16H,1-4H3;2*2H. The minimum atomic E-state index is 0.500. The Labute approximate surface area is 187 Å². The summed E-state index contributed by atoms with van der Waals surface area (Å²) in [6, 6.07) is 22.8. The predicted molar refractivity (Wildman–Crippen MR) is 133 cm³/mol. The highest BCUT2D eigenvalue weighted by molar-refractivity contribution is 6.33. The average molecular weight is 423 g/mol. The minimum absolute atomic E-state index is 0.500. The Kier molecular flexibility index (Phi) is 6.80. The number of isocyanates is 2. The number of rotatable bonds is 2. The van der Waals surface area contributed by atoms with Gasteiger partial charge >= 0.3 is 0 Å². The van der Waals surface area contributed by atoms with Gasteiger partial charge in [-0.3, -0.25) is 0 Å². The molecule has 0 spiro atoms. The van der Waals surface area contributed by atoms with Crippen molar-refractivity contribution in [2.75, 3.05) is 0 Å². The van der Waals surface area contributed by atoms with Crippen molar-refractivity contribution in [3.8, 4) is 0 Å². The van der Waals surface area contributed by atoms with Crippen molar-refractivity contribution < 1.29 is 9.59 Å². The van der Waals surface area contributed by atoms with Crippen LogP contribution in [0.25, 0.3) is 43.1 Å². The van der Waals surface area contributed by atoms with Gasteiger partial charge in [0.15, 0.2) is 0 Å². The van der Waals surface area contributed by atoms with E-state index in [0.717, 1.165) is 12.2 Å². The van der Waals surface area contributed by atoms with Crippen molar-refractivity contribution in [2.45, 2.75) is 39.5 Å². The van der Waals surface area contributed by atoms with Gasteiger partial charge in [-0.1, -0.05) is 88.4 Å². The van der Waals surface area contributed by atoms with Crippen LogP contribution in [0.5, 0.6) is 0 Å². The largest absolute Gasteiger partial charge is 0.231 e. The van der Waals surface area contributed by atoms with Crippen LogP contribution in [0, 0.1) is 10.8 Å². The molecular formula is C28H26N2O2. The molecule has 0 amide bonds. The Balaban J connectivity index is 0.000000437. The van der Waals surface area contributed by atoms with Gasteiger partial charge in [0.25, 0.3) is 0 Å². The fourth-order valence-corrected chi connectivity index (χ4v) is 4.87. The van der Waals surface area contributed by atoms with E-state index in [4.69, 9.17) is 20.4 Å². The Morgan fingerprint density at radius 2 is 1.09 bits per heavy atom. The third kappa shape index (κ3) is 3.78. The number of benzene rings is 5. The summed E-state index contributed by atoms with van der Waals surface area (Å²) in [4.78, 5) is 16.7. The zero-order valence-corrected chi connectivity index (χ0v) is 18.7. The summed E-state index contributed by atoms with van der Waals surface area (Å²) in [6.45, 7) is 9.32. The van der Waals surface area contributed by atoms with Gasteiger partial charge in [-0.2, -0.15) is 0 Å². The second-order valence-electron chi connectivity index (χ2n) is 8.38. The normalized spacial score (nSPS) is 10.7. The van der Waals surface area contributed by atoms with E-state index >= 15 is 0 Å². The molecule has 0 aliphatic rings. The van der Waals surface area contributed by atoms with Crippen molar-refractivity contribution in [1.82, 2.24) is 0 Å². The Morgan fingerprint density at radius 1 is 0.625 bits per heavy atom. The molecule has 0 saturated heterocycles. The summed E-state index contributed by atoms with van der Waals surface area (Å²) >= 11 is 0. The van der Waals surface area contributed by atoms with Crippen LogP contribution in [0.1, 0.15) is 50.7 Å². The molecule has 160 valence electrons. The van der Waals surface area contributed by atoms with Crippen molar-refractivity contribution in [3.63, 3.8) is 0 Å². The van der Waals surface area contributed by atoms with Gasteiger partial charge in [-0.05, 0) is 66.1 Å². The van der Waals surface area contributed by atoms with E-state index in [-0.39, 0.29) is 0 Å². The smallest absolute Gasteiger partial charge is 0.222 e. The summed E-state index contributed by atoms with van der Waals surface area (Å²) in [5, 5.41) is 22.0. The maximum atomic E-state index is 8.35. The van der Waals surface area contributed by atoms with Crippen molar-refractivity contribution in [2.24, 2.45) is 0 Å². The predicted octanol–water partition coefficient (Wildman–Crippen LogP) is 7.79. The molecule has 0 aromatic heterocycles. The van der Waals surface area contributed by atoms with Crippen molar-refractivity contribution in [1.29, 1.82) is 10.8 Å². The first kappa shape index (κ1) is 22.8. The van der Waals surface area contributed by atoms with Gasteiger partial charge in [0, 0.05) is 0 Å². The van der Waals surface area contributed by atoms with E-state index in [1.165, 1.54) is 54.2 Å². The zero-order valence-electron chi connectivity index (χ0n) is 18.7. The molecule has 5 aromatic rings. The molecular weight excluding hydrogens is 396 g/mol. The molecule has 32 heavy (non-hydrogen) atoms. The van der Waals surface area contributed by atoms with Crippen LogP contribution in [0.15, 0.2) is 60.7 Å². The molecule has 0 radical (unpaired) electrons. The molecule has 2 N–H and O–H groups in total. The monoisotopic (exact) mass is 422 g/mol. The lowest BCUT2D eigenvalue weighted by Crippen LogP contribution is -2.02. The zero-order chi connectivity index (χ0) is 23.4. The molecule has 5 aromatic carbocycles. The lowest BCUT2D eigenvalue weighted by molar-refractivity contribution is 0.562. The number of nitrogens with one attached hydrogen (secondary N) is 2. The molecule has 5 rings (SSSR count). The van der Waals surface area contributed by atoms with Crippen LogP contribution in [0.2, 0.25) is 0 Å². The fraction of sp³-hybridized carbons (Fsp3) is 0.214. The van der Waals surface area contributed by atoms with E-state index in [1.54, 1.807) is 0 Å². The topological polar surface area (TPSA) is 81.8 Å². The first-order valence-electron chi connectivity index (χ1n) is 10.6. The SMILES string of the molecule is CC(C)c1cc2cccc3c4cccc5cccc(c(c1C(C)C)c23)c54.N=C=O.N=C=O. The molecule has 0 saturated carbocycles. The fourth-order valence-electron chi connectivity index (χ4n) is 4.87. The summed E-state index contributed by atoms with van der Waals surface area (Å²) in [7, 11) is 0. The van der Waals surface area contributed by atoms with Crippen molar-refractivity contribution >= 4 is 55.2 Å². The molecule has 0 aliphatic carbocycles. The quantitative estimate of drug-likeness (QED) is 0.132. The minimum Gasteiger partial charge on any atom is -0.222 e. The van der Waals surface area contributed by atoms with Gasteiger partial charge in [0.05, 0.1) is 0 Å². The van der Waals surface area contributed by atoms with Crippen LogP contribution in [-0.4, -0.2) is 12.2 Å². The summed E-state index contributed by atoms with van der Waals surface area (Å²) in [6.07, 6.45) is 1.50. The van der Waals surface area contributed by atoms with Gasteiger partial charge in [-0.15, -0.1) is 0 Å². The van der Waals surface area contributed by atoms with Crippen molar-refractivity contribution in [3.05, 3.63) is 71.8 Å². The molecule has 0 atom stereocenters. The van der Waals surface area contributed by atoms with Crippen LogP contribution < -0.4 is 0 Å². The van der Waals surface area contributed by atoms with Crippen LogP contribution in [-0.2, 0) is 9.59 Å². The molecule has 0 aliphatic heterocycles. The Bertz CT molecular complexity index is 1450. The molecule has 0 fully saturated rings.